The second-order valence-corrected chi connectivity index (χ2v) is 8.86. The van der Waals surface area contributed by atoms with Gasteiger partial charge in [0.1, 0.15) is 0 Å². The zero-order valence-electron chi connectivity index (χ0n) is 18.2. The number of likely N-dealkylation sites (tertiary alicyclic amines) is 1. The summed E-state index contributed by atoms with van der Waals surface area (Å²) >= 11 is 0. The van der Waals surface area contributed by atoms with Crippen molar-refractivity contribution >= 4 is 0 Å². The minimum atomic E-state index is -0.434. The highest BCUT2D eigenvalue weighted by Crippen LogP contribution is 2.47. The third-order valence-electron chi connectivity index (χ3n) is 6.76. The summed E-state index contributed by atoms with van der Waals surface area (Å²) in [6.45, 7) is 5.41. The topological polar surface area (TPSA) is 75.0 Å². The van der Waals surface area contributed by atoms with Crippen LogP contribution in [0.4, 0.5) is 0 Å². The third-order valence-corrected chi connectivity index (χ3v) is 6.76. The molecule has 2 aliphatic carbocycles. The van der Waals surface area contributed by atoms with Crippen LogP contribution in [-0.2, 0) is 12.0 Å². The van der Waals surface area contributed by atoms with Crippen molar-refractivity contribution in [2.75, 3.05) is 13.6 Å². The molecule has 0 aromatic carbocycles. The first-order chi connectivity index (χ1) is 14.4. The molecule has 5 nitrogen and oxygen atoms in total. The summed E-state index contributed by atoms with van der Waals surface area (Å²) in [5.41, 5.74) is 12.3. The van der Waals surface area contributed by atoms with E-state index in [1.807, 2.05) is 24.5 Å². The van der Waals surface area contributed by atoms with Gasteiger partial charge in [-0.05, 0) is 82.0 Å². The van der Waals surface area contributed by atoms with Gasteiger partial charge in [-0.25, -0.2) is 0 Å². The molecule has 30 heavy (non-hydrogen) atoms. The van der Waals surface area contributed by atoms with Crippen LogP contribution in [0.1, 0.15) is 56.0 Å². The van der Waals surface area contributed by atoms with Crippen LogP contribution in [0.25, 0.3) is 0 Å². The second-order valence-electron chi connectivity index (χ2n) is 8.86. The van der Waals surface area contributed by atoms with Crippen molar-refractivity contribution in [1.29, 1.82) is 0 Å². The van der Waals surface area contributed by atoms with E-state index in [0.717, 1.165) is 24.1 Å². The number of aromatic amines is 1. The SMILES string of the molecule is C/C=C1\[C@H]2C=C(C)C[C@@]1(N)c1ccc(=O)[nH]c1C2.CN1CCC[C@H]1c1cccnc1. The molecular weight excluding hydrogens is 372 g/mol. The monoisotopic (exact) mass is 404 g/mol. The number of nitrogens with zero attached hydrogens (tertiary/aromatic N) is 2. The van der Waals surface area contributed by atoms with E-state index in [1.165, 1.54) is 36.1 Å². The summed E-state index contributed by atoms with van der Waals surface area (Å²) in [5.74, 6) is 0.333. The van der Waals surface area contributed by atoms with Crippen LogP contribution in [0.5, 0.6) is 0 Å². The Balaban J connectivity index is 0.000000158. The van der Waals surface area contributed by atoms with Crippen LogP contribution < -0.4 is 11.3 Å². The molecule has 3 N–H and O–H groups in total. The Labute approximate surface area is 178 Å². The molecule has 1 aliphatic heterocycles. The molecule has 3 aliphatic rings. The maximum absolute atomic E-state index is 11.5. The van der Waals surface area contributed by atoms with Gasteiger partial charge < -0.3 is 10.7 Å². The van der Waals surface area contributed by atoms with Crippen LogP contribution in [0.3, 0.4) is 0 Å². The van der Waals surface area contributed by atoms with Crippen molar-refractivity contribution < 1.29 is 0 Å². The molecule has 1 saturated heterocycles. The summed E-state index contributed by atoms with van der Waals surface area (Å²) in [6.07, 6.45) is 12.5. The minimum absolute atomic E-state index is 0.0416. The van der Waals surface area contributed by atoms with Crippen LogP contribution in [0, 0.1) is 5.92 Å². The predicted molar refractivity (Wildman–Crippen MR) is 121 cm³/mol. The summed E-state index contributed by atoms with van der Waals surface area (Å²) in [4.78, 5) is 20.9. The maximum atomic E-state index is 11.5. The lowest BCUT2D eigenvalue weighted by atomic mass is 9.63. The summed E-state index contributed by atoms with van der Waals surface area (Å²) in [5, 5.41) is 0. The molecular formula is C25H32N4O. The number of nitrogens with two attached hydrogens (primary N) is 1. The molecule has 158 valence electrons. The predicted octanol–water partition coefficient (Wildman–Crippen LogP) is 3.85. The Morgan fingerprint density at radius 2 is 2.17 bits per heavy atom. The highest BCUT2D eigenvalue weighted by Gasteiger charge is 2.43. The molecule has 0 amide bonds. The Kier molecular flexibility index (Phi) is 5.76. The zero-order chi connectivity index (χ0) is 21.3. The average molecular weight is 405 g/mol. The fourth-order valence-electron chi connectivity index (χ4n) is 5.48. The molecule has 2 bridgehead atoms. The van der Waals surface area contributed by atoms with Crippen molar-refractivity contribution in [2.24, 2.45) is 11.7 Å². The number of pyridine rings is 2. The fourth-order valence-corrected chi connectivity index (χ4v) is 5.48. The Morgan fingerprint density at radius 1 is 1.33 bits per heavy atom. The van der Waals surface area contributed by atoms with Gasteiger partial charge in [-0.2, -0.15) is 0 Å². The Morgan fingerprint density at radius 3 is 2.83 bits per heavy atom. The van der Waals surface area contributed by atoms with Gasteiger partial charge in [0.2, 0.25) is 5.56 Å². The van der Waals surface area contributed by atoms with E-state index in [-0.39, 0.29) is 5.56 Å². The zero-order valence-corrected chi connectivity index (χ0v) is 18.2. The molecule has 2 aromatic rings. The number of nitrogens with one attached hydrogen (secondary N) is 1. The van der Waals surface area contributed by atoms with E-state index < -0.39 is 5.54 Å². The number of H-pyrrole nitrogens is 1. The van der Waals surface area contributed by atoms with Crippen molar-refractivity contribution in [3.05, 3.63) is 87.1 Å². The second kappa shape index (κ2) is 8.32. The Bertz CT molecular complexity index is 1020. The first-order valence-electron chi connectivity index (χ1n) is 10.9. The van der Waals surface area contributed by atoms with Crippen molar-refractivity contribution in [3.63, 3.8) is 0 Å². The van der Waals surface area contributed by atoms with Crippen LogP contribution in [0.15, 0.2) is 64.8 Å². The largest absolute Gasteiger partial charge is 0.326 e. The quantitative estimate of drug-likeness (QED) is 0.708. The van der Waals surface area contributed by atoms with Gasteiger partial charge in [0.15, 0.2) is 0 Å². The number of aromatic nitrogens is 2. The van der Waals surface area contributed by atoms with E-state index in [1.54, 1.807) is 6.07 Å². The van der Waals surface area contributed by atoms with E-state index in [4.69, 9.17) is 5.73 Å². The van der Waals surface area contributed by atoms with Gasteiger partial charge in [0.25, 0.3) is 0 Å². The number of hydrogen-bond acceptors (Lipinski definition) is 4. The van der Waals surface area contributed by atoms with E-state index in [2.05, 4.69) is 54.0 Å². The molecule has 3 atom stereocenters. The number of hydrogen-bond donors (Lipinski definition) is 2. The minimum Gasteiger partial charge on any atom is -0.326 e. The van der Waals surface area contributed by atoms with Gasteiger partial charge in [0, 0.05) is 36.1 Å². The number of rotatable bonds is 1. The van der Waals surface area contributed by atoms with Crippen molar-refractivity contribution in [3.8, 4) is 0 Å². The van der Waals surface area contributed by atoms with Crippen molar-refractivity contribution in [1.82, 2.24) is 14.9 Å². The van der Waals surface area contributed by atoms with Crippen molar-refractivity contribution in [2.45, 2.75) is 51.1 Å². The fraction of sp³-hybridized carbons (Fsp3) is 0.440. The molecule has 0 spiro atoms. The molecule has 3 heterocycles. The van der Waals surface area contributed by atoms with Crippen LogP contribution >= 0.6 is 0 Å². The molecule has 0 saturated carbocycles. The smallest absolute Gasteiger partial charge is 0.248 e. The first kappa shape index (κ1) is 20.8. The van der Waals surface area contributed by atoms with Gasteiger partial charge >= 0.3 is 0 Å². The highest BCUT2D eigenvalue weighted by atomic mass is 16.1. The summed E-state index contributed by atoms with van der Waals surface area (Å²) in [7, 11) is 2.19. The van der Waals surface area contributed by atoms with Crippen LogP contribution in [0.2, 0.25) is 0 Å². The summed E-state index contributed by atoms with van der Waals surface area (Å²) in [6, 6.07) is 8.26. The lowest BCUT2D eigenvalue weighted by molar-refractivity contribution is 0.317. The lowest BCUT2D eigenvalue weighted by Crippen LogP contribution is -2.48. The van der Waals surface area contributed by atoms with E-state index >= 15 is 0 Å². The van der Waals surface area contributed by atoms with Gasteiger partial charge in [-0.1, -0.05) is 23.8 Å². The van der Waals surface area contributed by atoms with E-state index in [0.29, 0.717) is 12.0 Å². The van der Waals surface area contributed by atoms with Gasteiger partial charge in [-0.3, -0.25) is 14.7 Å². The van der Waals surface area contributed by atoms with Gasteiger partial charge in [-0.15, -0.1) is 0 Å². The Hall–Kier alpha value is -2.50. The van der Waals surface area contributed by atoms with Gasteiger partial charge in [0.05, 0.1) is 5.54 Å². The molecule has 5 heteroatoms. The molecule has 0 radical (unpaired) electrons. The third kappa shape index (κ3) is 3.80. The molecule has 2 aromatic heterocycles. The number of fused-ring (bicyclic) bond motifs is 4. The highest BCUT2D eigenvalue weighted by molar-refractivity contribution is 5.48. The first-order valence-corrected chi connectivity index (χ1v) is 10.9. The normalized spacial score (nSPS) is 29.1. The summed E-state index contributed by atoms with van der Waals surface area (Å²) < 4.78 is 0. The average Bonchev–Trinajstić information content (AvgIpc) is 3.14. The number of allylic oxidation sites excluding steroid dienone is 2. The van der Waals surface area contributed by atoms with E-state index in [9.17, 15) is 4.79 Å². The molecule has 0 unspecified atom stereocenters. The van der Waals surface area contributed by atoms with Crippen LogP contribution in [-0.4, -0.2) is 28.5 Å². The molecule has 1 fully saturated rings. The lowest BCUT2D eigenvalue weighted by Gasteiger charge is -2.45. The molecule has 5 rings (SSSR count). The standard InChI is InChI=1S/C15H18N2O.C10H14N2/c1-3-11-10-6-9(2)8-15(11,16)12-4-5-14(18)17-13(12)7-10;1-12-7-3-5-10(12)9-4-2-6-11-8-9/h3-6,10H,7-8,16H2,1-2H3,(H,17,18);2,4,6,8,10H,3,5,7H2,1H3/b11-3+;/t10-,15-;10-/m00/s1. The maximum Gasteiger partial charge on any atom is 0.248 e.